The summed E-state index contributed by atoms with van der Waals surface area (Å²) in [7, 11) is 1.94. The number of nitrogen functional groups attached to an aromatic ring is 1. The SMILES string of the molecule is CCOc1ncnc(N(C)Cc2scnc2C)c1N. The normalized spacial score (nSPS) is 10.5. The predicted molar refractivity (Wildman–Crippen MR) is 76.6 cm³/mol. The second kappa shape index (κ2) is 5.83. The van der Waals surface area contributed by atoms with Gasteiger partial charge in [0, 0.05) is 11.9 Å². The van der Waals surface area contributed by atoms with Gasteiger partial charge in [0.1, 0.15) is 12.0 Å². The Morgan fingerprint density at radius 1 is 1.37 bits per heavy atom. The van der Waals surface area contributed by atoms with E-state index in [1.807, 2.05) is 31.3 Å². The molecule has 19 heavy (non-hydrogen) atoms. The summed E-state index contributed by atoms with van der Waals surface area (Å²) in [6.07, 6.45) is 1.46. The van der Waals surface area contributed by atoms with E-state index in [1.165, 1.54) is 11.2 Å². The zero-order chi connectivity index (χ0) is 13.8. The van der Waals surface area contributed by atoms with Crippen LogP contribution in [0.3, 0.4) is 0 Å². The minimum Gasteiger partial charge on any atom is -0.476 e. The van der Waals surface area contributed by atoms with Crippen molar-refractivity contribution in [3.63, 3.8) is 0 Å². The Morgan fingerprint density at radius 3 is 2.79 bits per heavy atom. The highest BCUT2D eigenvalue weighted by Crippen LogP contribution is 2.28. The van der Waals surface area contributed by atoms with Gasteiger partial charge in [-0.25, -0.2) is 9.97 Å². The summed E-state index contributed by atoms with van der Waals surface area (Å²) in [5.74, 6) is 1.10. The van der Waals surface area contributed by atoms with Crippen molar-refractivity contribution in [2.45, 2.75) is 20.4 Å². The molecular weight excluding hydrogens is 262 g/mol. The van der Waals surface area contributed by atoms with Crippen LogP contribution in [0.4, 0.5) is 11.5 Å². The van der Waals surface area contributed by atoms with Gasteiger partial charge in [0.2, 0.25) is 5.88 Å². The molecule has 102 valence electrons. The molecule has 0 spiro atoms. The molecular formula is C12H17N5OS. The number of anilines is 2. The molecule has 2 aromatic heterocycles. The lowest BCUT2D eigenvalue weighted by molar-refractivity contribution is 0.328. The fourth-order valence-electron chi connectivity index (χ4n) is 1.69. The summed E-state index contributed by atoms with van der Waals surface area (Å²) in [5.41, 5.74) is 9.38. The first kappa shape index (κ1) is 13.5. The Labute approximate surface area is 116 Å². The molecule has 0 unspecified atom stereocenters. The van der Waals surface area contributed by atoms with Crippen molar-refractivity contribution < 1.29 is 4.74 Å². The Hall–Kier alpha value is -1.89. The molecule has 6 nitrogen and oxygen atoms in total. The van der Waals surface area contributed by atoms with Crippen LogP contribution in [-0.4, -0.2) is 28.6 Å². The quantitative estimate of drug-likeness (QED) is 0.900. The number of thiazole rings is 1. The van der Waals surface area contributed by atoms with Crippen LogP contribution in [0, 0.1) is 6.92 Å². The number of hydrogen-bond donors (Lipinski definition) is 1. The Morgan fingerprint density at radius 2 is 2.16 bits per heavy atom. The van der Waals surface area contributed by atoms with E-state index in [0.29, 0.717) is 30.5 Å². The van der Waals surface area contributed by atoms with E-state index >= 15 is 0 Å². The van der Waals surface area contributed by atoms with Gasteiger partial charge >= 0.3 is 0 Å². The predicted octanol–water partition coefficient (Wildman–Crippen LogP) is 1.86. The van der Waals surface area contributed by atoms with Crippen molar-refractivity contribution in [2.24, 2.45) is 0 Å². The van der Waals surface area contributed by atoms with Gasteiger partial charge in [-0.05, 0) is 13.8 Å². The maximum absolute atomic E-state index is 6.03. The maximum atomic E-state index is 6.03. The van der Waals surface area contributed by atoms with Crippen molar-refractivity contribution in [3.8, 4) is 5.88 Å². The zero-order valence-corrected chi connectivity index (χ0v) is 12.1. The summed E-state index contributed by atoms with van der Waals surface area (Å²) in [6, 6.07) is 0. The number of nitrogens with two attached hydrogens (primary N) is 1. The lowest BCUT2D eigenvalue weighted by Crippen LogP contribution is -2.19. The van der Waals surface area contributed by atoms with Gasteiger partial charge in [0.15, 0.2) is 5.82 Å². The average molecular weight is 279 g/mol. The maximum Gasteiger partial charge on any atom is 0.242 e. The van der Waals surface area contributed by atoms with Crippen LogP contribution in [0.15, 0.2) is 11.8 Å². The molecule has 0 aliphatic carbocycles. The second-order valence-electron chi connectivity index (χ2n) is 4.07. The van der Waals surface area contributed by atoms with Crippen molar-refractivity contribution >= 4 is 22.8 Å². The van der Waals surface area contributed by atoms with Gasteiger partial charge in [-0.1, -0.05) is 0 Å². The number of nitrogens with zero attached hydrogens (tertiary/aromatic N) is 4. The highest BCUT2D eigenvalue weighted by atomic mass is 32.1. The Kier molecular flexibility index (Phi) is 4.16. The minimum absolute atomic E-state index is 0.431. The fourth-order valence-corrected chi connectivity index (χ4v) is 2.52. The molecule has 0 saturated heterocycles. The fraction of sp³-hybridized carbons (Fsp3) is 0.417. The van der Waals surface area contributed by atoms with E-state index in [9.17, 15) is 0 Å². The molecule has 0 aliphatic rings. The molecule has 2 aromatic rings. The van der Waals surface area contributed by atoms with Crippen LogP contribution >= 0.6 is 11.3 Å². The molecule has 2 N–H and O–H groups in total. The molecule has 2 rings (SSSR count). The molecule has 0 bridgehead atoms. The third-order valence-corrected chi connectivity index (χ3v) is 3.61. The molecule has 0 aromatic carbocycles. The topological polar surface area (TPSA) is 77.2 Å². The van der Waals surface area contributed by atoms with E-state index in [1.54, 1.807) is 11.3 Å². The van der Waals surface area contributed by atoms with E-state index < -0.39 is 0 Å². The van der Waals surface area contributed by atoms with Gasteiger partial charge < -0.3 is 15.4 Å². The van der Waals surface area contributed by atoms with E-state index in [-0.39, 0.29) is 0 Å². The summed E-state index contributed by atoms with van der Waals surface area (Å²) in [5, 5.41) is 0. The van der Waals surface area contributed by atoms with Crippen LogP contribution in [-0.2, 0) is 6.54 Å². The summed E-state index contributed by atoms with van der Waals surface area (Å²) >= 11 is 1.62. The first-order valence-electron chi connectivity index (χ1n) is 5.96. The molecule has 0 aliphatic heterocycles. The third-order valence-electron chi connectivity index (χ3n) is 2.69. The van der Waals surface area contributed by atoms with Gasteiger partial charge in [0.25, 0.3) is 0 Å². The van der Waals surface area contributed by atoms with Gasteiger partial charge in [-0.3, -0.25) is 0 Å². The van der Waals surface area contributed by atoms with E-state index in [4.69, 9.17) is 10.5 Å². The molecule has 0 atom stereocenters. The molecule has 2 heterocycles. The first-order valence-corrected chi connectivity index (χ1v) is 6.84. The molecule has 0 radical (unpaired) electrons. The van der Waals surface area contributed by atoms with Crippen molar-refractivity contribution in [1.29, 1.82) is 0 Å². The zero-order valence-electron chi connectivity index (χ0n) is 11.3. The smallest absolute Gasteiger partial charge is 0.242 e. The van der Waals surface area contributed by atoms with Crippen molar-refractivity contribution in [2.75, 3.05) is 24.3 Å². The van der Waals surface area contributed by atoms with Gasteiger partial charge in [-0.2, -0.15) is 4.98 Å². The number of hydrogen-bond acceptors (Lipinski definition) is 7. The minimum atomic E-state index is 0.431. The number of rotatable bonds is 5. The third kappa shape index (κ3) is 2.93. The lowest BCUT2D eigenvalue weighted by atomic mass is 10.3. The summed E-state index contributed by atoms with van der Waals surface area (Å²) < 4.78 is 5.37. The molecule has 0 amide bonds. The largest absolute Gasteiger partial charge is 0.476 e. The standard InChI is InChI=1S/C12H17N5OS/c1-4-18-12-10(13)11(14-6-15-12)17(3)5-9-8(2)16-7-19-9/h6-7H,4-5,13H2,1-3H3. The molecule has 0 fully saturated rings. The highest BCUT2D eigenvalue weighted by molar-refractivity contribution is 7.09. The number of ether oxygens (including phenoxy) is 1. The highest BCUT2D eigenvalue weighted by Gasteiger charge is 2.14. The summed E-state index contributed by atoms with van der Waals surface area (Å²) in [4.78, 5) is 15.7. The van der Waals surface area contributed by atoms with Gasteiger partial charge in [-0.15, -0.1) is 11.3 Å². The van der Waals surface area contributed by atoms with E-state index in [2.05, 4.69) is 15.0 Å². The van der Waals surface area contributed by atoms with Crippen LogP contribution in [0.5, 0.6) is 5.88 Å². The van der Waals surface area contributed by atoms with Crippen molar-refractivity contribution in [1.82, 2.24) is 15.0 Å². The second-order valence-corrected chi connectivity index (χ2v) is 5.01. The summed E-state index contributed by atoms with van der Waals surface area (Å²) in [6.45, 7) is 5.13. The van der Waals surface area contributed by atoms with Crippen LogP contribution in [0.25, 0.3) is 0 Å². The molecule has 7 heteroatoms. The van der Waals surface area contributed by atoms with E-state index in [0.717, 1.165) is 5.69 Å². The van der Waals surface area contributed by atoms with Crippen LogP contribution in [0.1, 0.15) is 17.5 Å². The number of aromatic nitrogens is 3. The van der Waals surface area contributed by atoms with Crippen LogP contribution in [0.2, 0.25) is 0 Å². The average Bonchev–Trinajstić information content (AvgIpc) is 2.78. The first-order chi connectivity index (χ1) is 9.13. The van der Waals surface area contributed by atoms with Gasteiger partial charge in [0.05, 0.1) is 24.4 Å². The number of aryl methyl sites for hydroxylation is 1. The molecule has 0 saturated carbocycles. The lowest BCUT2D eigenvalue weighted by Gasteiger charge is -2.20. The Bertz CT molecular complexity index is 557. The monoisotopic (exact) mass is 279 g/mol. The van der Waals surface area contributed by atoms with Crippen molar-refractivity contribution in [3.05, 3.63) is 22.4 Å². The Balaban J connectivity index is 2.21. The van der Waals surface area contributed by atoms with Crippen LogP contribution < -0.4 is 15.4 Å².